The summed E-state index contributed by atoms with van der Waals surface area (Å²) in [4.78, 5) is 29.5. The van der Waals surface area contributed by atoms with Crippen molar-refractivity contribution in [3.63, 3.8) is 0 Å². The highest BCUT2D eigenvalue weighted by atomic mass is 19.1. The van der Waals surface area contributed by atoms with Gasteiger partial charge in [0.1, 0.15) is 17.5 Å². The van der Waals surface area contributed by atoms with Gasteiger partial charge in [-0.1, -0.05) is 18.2 Å². The lowest BCUT2D eigenvalue weighted by Crippen LogP contribution is -2.29. The van der Waals surface area contributed by atoms with Gasteiger partial charge < -0.3 is 14.8 Å². The van der Waals surface area contributed by atoms with E-state index < -0.39 is 0 Å². The first-order chi connectivity index (χ1) is 16.5. The molecule has 1 amide bonds. The molecule has 0 aliphatic rings. The Labute approximate surface area is 194 Å². The Morgan fingerprint density at radius 3 is 2.53 bits per heavy atom. The minimum atomic E-state index is -0.332. The molecule has 0 saturated carbocycles. The van der Waals surface area contributed by atoms with Crippen LogP contribution in [0.5, 0.6) is 11.5 Å². The fraction of sp³-hybridized carbons (Fsp3) is 0.250. The maximum absolute atomic E-state index is 13.1. The number of fused-ring (bicyclic) bond motifs is 1. The van der Waals surface area contributed by atoms with E-state index in [-0.39, 0.29) is 30.2 Å². The van der Waals surface area contributed by atoms with Crippen LogP contribution < -0.4 is 20.3 Å². The number of nitrogens with one attached hydrogen (secondary N) is 1. The van der Waals surface area contributed by atoms with E-state index in [1.54, 1.807) is 43.2 Å². The monoisotopic (exact) mass is 465 g/mol. The molecular weight excluding hydrogens is 441 g/mol. The third-order valence-corrected chi connectivity index (χ3v) is 5.35. The van der Waals surface area contributed by atoms with Crippen LogP contribution in [-0.2, 0) is 24.3 Å². The van der Waals surface area contributed by atoms with Gasteiger partial charge in [0.15, 0.2) is 17.1 Å². The third-order valence-electron chi connectivity index (χ3n) is 5.35. The van der Waals surface area contributed by atoms with Crippen LogP contribution in [-0.4, -0.2) is 46.0 Å². The minimum Gasteiger partial charge on any atom is -0.493 e. The highest BCUT2D eigenvalue weighted by Gasteiger charge is 2.12. The first-order valence-corrected chi connectivity index (χ1v) is 10.6. The summed E-state index contributed by atoms with van der Waals surface area (Å²) in [6.45, 7) is 0.957. The average Bonchev–Trinajstić information content (AvgIpc) is 3.25. The van der Waals surface area contributed by atoms with Crippen molar-refractivity contribution >= 4 is 16.9 Å². The lowest BCUT2D eigenvalue weighted by Gasteiger charge is -2.10. The van der Waals surface area contributed by atoms with Crippen LogP contribution in [0.3, 0.4) is 0 Å². The van der Waals surface area contributed by atoms with Gasteiger partial charge >= 0.3 is 0 Å². The van der Waals surface area contributed by atoms with E-state index in [1.807, 2.05) is 6.07 Å². The quantitative estimate of drug-likeness (QED) is 0.407. The summed E-state index contributed by atoms with van der Waals surface area (Å²) in [6, 6.07) is 11.3. The Morgan fingerprint density at radius 1 is 1.06 bits per heavy atom. The molecule has 0 bridgehead atoms. The molecule has 176 valence electrons. The van der Waals surface area contributed by atoms with Crippen molar-refractivity contribution in [2.45, 2.75) is 19.5 Å². The molecule has 2 aromatic carbocycles. The summed E-state index contributed by atoms with van der Waals surface area (Å²) in [5.41, 5.74) is 1.78. The zero-order valence-electron chi connectivity index (χ0n) is 18.8. The molecule has 0 saturated heterocycles. The maximum Gasteiger partial charge on any atom is 0.264 e. The van der Waals surface area contributed by atoms with Crippen molar-refractivity contribution in [2.24, 2.45) is 0 Å². The van der Waals surface area contributed by atoms with E-state index in [0.717, 1.165) is 11.1 Å². The molecule has 4 rings (SSSR count). The van der Waals surface area contributed by atoms with E-state index in [2.05, 4.69) is 15.4 Å². The zero-order chi connectivity index (χ0) is 24.1. The van der Waals surface area contributed by atoms with Crippen molar-refractivity contribution in [1.82, 2.24) is 24.6 Å². The summed E-state index contributed by atoms with van der Waals surface area (Å²) < 4.78 is 26.6. The first-order valence-electron chi connectivity index (χ1n) is 10.6. The molecule has 0 aliphatic carbocycles. The van der Waals surface area contributed by atoms with Crippen LogP contribution in [0.4, 0.5) is 4.39 Å². The van der Waals surface area contributed by atoms with Crippen LogP contribution in [0.1, 0.15) is 11.1 Å². The van der Waals surface area contributed by atoms with Crippen molar-refractivity contribution in [3.05, 3.63) is 82.3 Å². The van der Waals surface area contributed by atoms with Gasteiger partial charge in [-0.25, -0.2) is 14.1 Å². The first kappa shape index (κ1) is 23.0. The molecule has 1 N–H and O–H groups in total. The second-order valence-corrected chi connectivity index (χ2v) is 7.63. The molecule has 10 heteroatoms. The predicted molar refractivity (Wildman–Crippen MR) is 124 cm³/mol. The second kappa shape index (κ2) is 10.2. The van der Waals surface area contributed by atoms with Crippen LogP contribution in [0, 0.1) is 5.82 Å². The van der Waals surface area contributed by atoms with Gasteiger partial charge in [0, 0.05) is 6.54 Å². The number of hydrogen-bond acceptors (Lipinski definition) is 6. The molecular formula is C24H24FN5O4. The number of ether oxygens (including phenoxy) is 2. The maximum atomic E-state index is 13.1. The number of carbonyl (C=O) groups excluding carboxylic acids is 1. The molecule has 34 heavy (non-hydrogen) atoms. The summed E-state index contributed by atoms with van der Waals surface area (Å²) >= 11 is 0. The van der Waals surface area contributed by atoms with E-state index in [4.69, 9.17) is 9.47 Å². The lowest BCUT2D eigenvalue weighted by molar-refractivity contribution is -0.120. The van der Waals surface area contributed by atoms with E-state index >= 15 is 0 Å². The molecule has 0 fully saturated rings. The van der Waals surface area contributed by atoms with Crippen molar-refractivity contribution < 1.29 is 18.7 Å². The Balaban J connectivity index is 1.37. The lowest BCUT2D eigenvalue weighted by atomic mass is 10.1. The molecule has 2 aromatic heterocycles. The predicted octanol–water partition coefficient (Wildman–Crippen LogP) is 2.16. The van der Waals surface area contributed by atoms with E-state index in [0.29, 0.717) is 35.6 Å². The van der Waals surface area contributed by atoms with Gasteiger partial charge in [0.05, 0.1) is 39.9 Å². The molecule has 0 aliphatic heterocycles. The number of aromatic nitrogens is 4. The SMILES string of the molecule is COc1ccc(CC(=O)NCCn2ncc3c(=O)n(Cc4ccc(F)cc4)cnc32)cc1OC. The van der Waals surface area contributed by atoms with Gasteiger partial charge in [0.25, 0.3) is 5.56 Å². The number of hydrogen-bond donors (Lipinski definition) is 1. The highest BCUT2D eigenvalue weighted by molar-refractivity contribution is 5.78. The molecule has 0 radical (unpaired) electrons. The molecule has 0 spiro atoms. The molecule has 9 nitrogen and oxygen atoms in total. The van der Waals surface area contributed by atoms with E-state index in [1.165, 1.54) is 29.2 Å². The number of benzene rings is 2. The topological polar surface area (TPSA) is 100 Å². The molecule has 0 atom stereocenters. The van der Waals surface area contributed by atoms with Gasteiger partial charge in [0.2, 0.25) is 5.91 Å². The van der Waals surface area contributed by atoms with Crippen LogP contribution in [0.25, 0.3) is 11.0 Å². The molecule has 0 unspecified atom stereocenters. The summed E-state index contributed by atoms with van der Waals surface area (Å²) in [7, 11) is 3.10. The van der Waals surface area contributed by atoms with Gasteiger partial charge in [-0.05, 0) is 35.4 Å². The molecule has 2 heterocycles. The third kappa shape index (κ3) is 5.06. The molecule has 4 aromatic rings. The smallest absolute Gasteiger partial charge is 0.264 e. The number of amides is 1. The standard InChI is InChI=1S/C24H24FN5O4/c1-33-20-8-5-17(11-21(20)34-2)12-22(31)26-9-10-30-23-19(13-28-30)24(32)29(15-27-23)14-16-3-6-18(25)7-4-16/h3-8,11,13,15H,9-10,12,14H2,1-2H3,(H,26,31). The fourth-order valence-corrected chi connectivity index (χ4v) is 3.60. The van der Waals surface area contributed by atoms with Gasteiger partial charge in [-0.3, -0.25) is 14.2 Å². The van der Waals surface area contributed by atoms with Crippen molar-refractivity contribution in [1.29, 1.82) is 0 Å². The largest absolute Gasteiger partial charge is 0.493 e. The number of rotatable bonds is 9. The van der Waals surface area contributed by atoms with Crippen LogP contribution >= 0.6 is 0 Å². The van der Waals surface area contributed by atoms with Crippen molar-refractivity contribution in [2.75, 3.05) is 20.8 Å². The normalized spacial score (nSPS) is 10.9. The Kier molecular flexibility index (Phi) is 6.86. The average molecular weight is 465 g/mol. The fourth-order valence-electron chi connectivity index (χ4n) is 3.60. The minimum absolute atomic E-state index is 0.154. The zero-order valence-corrected chi connectivity index (χ0v) is 18.8. The van der Waals surface area contributed by atoms with E-state index in [9.17, 15) is 14.0 Å². The number of halogens is 1. The van der Waals surface area contributed by atoms with Gasteiger partial charge in [-0.2, -0.15) is 5.10 Å². The Hall–Kier alpha value is -4.21. The number of carbonyl (C=O) groups is 1. The summed E-state index contributed by atoms with van der Waals surface area (Å²) in [6.07, 6.45) is 3.10. The van der Waals surface area contributed by atoms with Crippen molar-refractivity contribution in [3.8, 4) is 11.5 Å². The van der Waals surface area contributed by atoms with Gasteiger partial charge in [-0.15, -0.1) is 0 Å². The Morgan fingerprint density at radius 2 is 1.79 bits per heavy atom. The summed E-state index contributed by atoms with van der Waals surface area (Å²) in [5, 5.41) is 7.47. The van der Waals surface area contributed by atoms with Crippen LogP contribution in [0.15, 0.2) is 59.8 Å². The van der Waals surface area contributed by atoms with Crippen LogP contribution in [0.2, 0.25) is 0 Å². The highest BCUT2D eigenvalue weighted by Crippen LogP contribution is 2.27. The number of nitrogens with zero attached hydrogens (tertiary/aromatic N) is 4. The Bertz CT molecular complexity index is 1360. The number of methoxy groups -OCH3 is 2. The second-order valence-electron chi connectivity index (χ2n) is 7.63. The summed E-state index contributed by atoms with van der Waals surface area (Å²) in [5.74, 6) is 0.675.